The Labute approximate surface area is 110 Å². The first-order valence-corrected chi connectivity index (χ1v) is 6.13. The number of aliphatic hydroxyl groups excluding tert-OH is 1. The maximum atomic E-state index is 11.5. The molecule has 0 saturated heterocycles. The van der Waals surface area contributed by atoms with Crippen LogP contribution in [0.1, 0.15) is 19.4 Å². The highest BCUT2D eigenvalue weighted by Gasteiger charge is 2.18. The Balaban J connectivity index is 2.41. The van der Waals surface area contributed by atoms with Gasteiger partial charge in [-0.15, -0.1) is 0 Å². The van der Waals surface area contributed by atoms with Crippen LogP contribution < -0.4 is 10.6 Å². The average molecular weight is 301 g/mol. The van der Waals surface area contributed by atoms with E-state index in [2.05, 4.69) is 26.6 Å². The van der Waals surface area contributed by atoms with Crippen LogP contribution in [0.2, 0.25) is 0 Å². The standard InChI is InChI=1S/C12H17BrN2O2/c1-12(2,8-16)15-11(17)14-7-9-3-5-10(13)6-4-9/h3-6,16H,7-8H2,1-2H3,(H2,14,15,17). The van der Waals surface area contributed by atoms with E-state index in [1.165, 1.54) is 0 Å². The molecule has 0 atom stereocenters. The molecule has 0 spiro atoms. The highest BCUT2D eigenvalue weighted by Crippen LogP contribution is 2.10. The van der Waals surface area contributed by atoms with Gasteiger partial charge in [0.1, 0.15) is 0 Å². The summed E-state index contributed by atoms with van der Waals surface area (Å²) >= 11 is 3.35. The van der Waals surface area contributed by atoms with Gasteiger partial charge in [-0.2, -0.15) is 0 Å². The first-order chi connectivity index (χ1) is 7.93. The predicted molar refractivity (Wildman–Crippen MR) is 70.7 cm³/mol. The fourth-order valence-corrected chi connectivity index (χ4v) is 1.44. The molecule has 3 N–H and O–H groups in total. The monoisotopic (exact) mass is 300 g/mol. The largest absolute Gasteiger partial charge is 0.394 e. The second kappa shape index (κ2) is 6.02. The molecular weight excluding hydrogens is 284 g/mol. The van der Waals surface area contributed by atoms with Crippen LogP contribution in [0.3, 0.4) is 0 Å². The summed E-state index contributed by atoms with van der Waals surface area (Å²) in [6.45, 7) is 3.87. The molecule has 17 heavy (non-hydrogen) atoms. The number of rotatable bonds is 4. The predicted octanol–water partition coefficient (Wildman–Crippen LogP) is 2.02. The van der Waals surface area contributed by atoms with E-state index < -0.39 is 5.54 Å². The van der Waals surface area contributed by atoms with Gasteiger partial charge >= 0.3 is 6.03 Å². The van der Waals surface area contributed by atoms with E-state index in [0.29, 0.717) is 6.54 Å². The van der Waals surface area contributed by atoms with Gasteiger partial charge in [-0.05, 0) is 31.5 Å². The Morgan fingerprint density at radius 2 is 1.94 bits per heavy atom. The van der Waals surface area contributed by atoms with Gasteiger partial charge in [0.2, 0.25) is 0 Å². The van der Waals surface area contributed by atoms with Gasteiger partial charge in [0, 0.05) is 11.0 Å². The zero-order valence-corrected chi connectivity index (χ0v) is 11.5. The molecule has 0 aliphatic rings. The SMILES string of the molecule is CC(C)(CO)NC(=O)NCc1ccc(Br)cc1. The van der Waals surface area contributed by atoms with Crippen molar-refractivity contribution in [3.63, 3.8) is 0 Å². The lowest BCUT2D eigenvalue weighted by molar-refractivity contribution is 0.182. The normalized spacial score (nSPS) is 11.1. The third kappa shape index (κ3) is 5.19. The fraction of sp³-hybridized carbons (Fsp3) is 0.417. The minimum atomic E-state index is -0.607. The second-order valence-corrected chi connectivity index (χ2v) is 5.39. The number of urea groups is 1. The molecular formula is C12H17BrN2O2. The number of carbonyl (C=O) groups is 1. The van der Waals surface area contributed by atoms with Gasteiger partial charge in [-0.25, -0.2) is 4.79 Å². The molecule has 0 aliphatic heterocycles. The van der Waals surface area contributed by atoms with Crippen molar-refractivity contribution in [2.45, 2.75) is 25.9 Å². The summed E-state index contributed by atoms with van der Waals surface area (Å²) in [5, 5.41) is 14.4. The summed E-state index contributed by atoms with van der Waals surface area (Å²) in [7, 11) is 0. The van der Waals surface area contributed by atoms with E-state index in [-0.39, 0.29) is 12.6 Å². The minimum absolute atomic E-state index is 0.0985. The lowest BCUT2D eigenvalue weighted by atomic mass is 10.1. The number of aliphatic hydroxyl groups is 1. The molecule has 0 aromatic heterocycles. The summed E-state index contributed by atoms with van der Waals surface area (Å²) in [6, 6.07) is 7.43. The topological polar surface area (TPSA) is 61.4 Å². The van der Waals surface area contributed by atoms with Crippen molar-refractivity contribution in [1.29, 1.82) is 0 Å². The van der Waals surface area contributed by atoms with Crippen molar-refractivity contribution in [1.82, 2.24) is 10.6 Å². The summed E-state index contributed by atoms with van der Waals surface area (Å²) in [4.78, 5) is 11.5. The van der Waals surface area contributed by atoms with Gasteiger partial charge in [0.15, 0.2) is 0 Å². The first-order valence-electron chi connectivity index (χ1n) is 5.34. The first kappa shape index (κ1) is 14.0. The van der Waals surface area contributed by atoms with E-state index in [9.17, 15) is 4.79 Å². The van der Waals surface area contributed by atoms with Crippen molar-refractivity contribution in [3.05, 3.63) is 34.3 Å². The maximum Gasteiger partial charge on any atom is 0.315 e. The third-order valence-electron chi connectivity index (χ3n) is 2.21. The van der Waals surface area contributed by atoms with E-state index in [1.54, 1.807) is 13.8 Å². The van der Waals surface area contributed by atoms with Gasteiger partial charge in [0.25, 0.3) is 0 Å². The molecule has 1 aromatic carbocycles. The molecule has 0 heterocycles. The van der Waals surface area contributed by atoms with E-state index in [4.69, 9.17) is 5.11 Å². The van der Waals surface area contributed by atoms with Crippen LogP contribution in [-0.2, 0) is 6.54 Å². The molecule has 0 saturated carbocycles. The lowest BCUT2D eigenvalue weighted by Crippen LogP contribution is -2.50. The van der Waals surface area contributed by atoms with Gasteiger partial charge in [-0.1, -0.05) is 28.1 Å². The highest BCUT2D eigenvalue weighted by atomic mass is 79.9. The molecule has 0 aliphatic carbocycles. The number of halogens is 1. The Morgan fingerprint density at radius 3 is 2.47 bits per heavy atom. The Bertz CT molecular complexity index is 377. The van der Waals surface area contributed by atoms with Crippen molar-refractivity contribution < 1.29 is 9.90 Å². The molecule has 94 valence electrons. The van der Waals surface area contributed by atoms with Crippen LogP contribution in [0.15, 0.2) is 28.7 Å². The smallest absolute Gasteiger partial charge is 0.315 e. The molecule has 4 nitrogen and oxygen atoms in total. The zero-order chi connectivity index (χ0) is 12.9. The van der Waals surface area contributed by atoms with Crippen LogP contribution in [-0.4, -0.2) is 23.3 Å². The summed E-state index contributed by atoms with van der Waals surface area (Å²) in [5.41, 5.74) is 0.411. The molecule has 0 unspecified atom stereocenters. The lowest BCUT2D eigenvalue weighted by Gasteiger charge is -2.23. The number of carbonyl (C=O) groups excluding carboxylic acids is 1. The molecule has 5 heteroatoms. The fourth-order valence-electron chi connectivity index (χ4n) is 1.18. The van der Waals surface area contributed by atoms with Crippen molar-refractivity contribution in [2.24, 2.45) is 0 Å². The molecule has 0 bridgehead atoms. The van der Waals surface area contributed by atoms with Gasteiger partial charge in [-0.3, -0.25) is 0 Å². The molecule has 2 amide bonds. The van der Waals surface area contributed by atoms with Crippen LogP contribution in [0.5, 0.6) is 0 Å². The van der Waals surface area contributed by atoms with Crippen LogP contribution in [0, 0.1) is 0 Å². The van der Waals surface area contributed by atoms with E-state index in [0.717, 1.165) is 10.0 Å². The number of hydrogen-bond acceptors (Lipinski definition) is 2. The zero-order valence-electron chi connectivity index (χ0n) is 9.96. The van der Waals surface area contributed by atoms with Gasteiger partial charge < -0.3 is 15.7 Å². The Hall–Kier alpha value is -1.07. The van der Waals surface area contributed by atoms with E-state index in [1.807, 2.05) is 24.3 Å². The highest BCUT2D eigenvalue weighted by molar-refractivity contribution is 9.10. The van der Waals surface area contributed by atoms with Crippen LogP contribution in [0.25, 0.3) is 0 Å². The molecule has 1 aromatic rings. The number of hydrogen-bond donors (Lipinski definition) is 3. The van der Waals surface area contributed by atoms with Crippen molar-refractivity contribution in [2.75, 3.05) is 6.61 Å². The Kier molecular flexibility index (Phi) is 4.96. The van der Waals surface area contributed by atoms with Crippen LogP contribution >= 0.6 is 15.9 Å². The maximum absolute atomic E-state index is 11.5. The molecule has 0 fully saturated rings. The quantitative estimate of drug-likeness (QED) is 0.797. The summed E-state index contributed by atoms with van der Waals surface area (Å²) in [5.74, 6) is 0. The Morgan fingerprint density at radius 1 is 1.35 bits per heavy atom. The number of benzene rings is 1. The van der Waals surface area contributed by atoms with Gasteiger partial charge in [0.05, 0.1) is 12.1 Å². The third-order valence-corrected chi connectivity index (χ3v) is 2.74. The summed E-state index contributed by atoms with van der Waals surface area (Å²) in [6.07, 6.45) is 0. The second-order valence-electron chi connectivity index (χ2n) is 4.48. The molecule has 1 rings (SSSR count). The van der Waals surface area contributed by atoms with E-state index >= 15 is 0 Å². The summed E-state index contributed by atoms with van der Waals surface area (Å²) < 4.78 is 1.01. The van der Waals surface area contributed by atoms with Crippen LogP contribution in [0.4, 0.5) is 4.79 Å². The average Bonchev–Trinajstić information content (AvgIpc) is 2.28. The number of nitrogens with one attached hydrogen (secondary N) is 2. The van der Waals surface area contributed by atoms with Crippen molar-refractivity contribution in [3.8, 4) is 0 Å². The molecule has 0 radical (unpaired) electrons. The van der Waals surface area contributed by atoms with Crippen molar-refractivity contribution >= 4 is 22.0 Å². The number of amides is 2. The minimum Gasteiger partial charge on any atom is -0.394 e.